The van der Waals surface area contributed by atoms with E-state index in [1.807, 2.05) is 48.5 Å². The van der Waals surface area contributed by atoms with Gasteiger partial charge in [-0.05, 0) is 90.5 Å². The third-order valence-corrected chi connectivity index (χ3v) is 11.7. The third kappa shape index (κ3) is 17.6. The van der Waals surface area contributed by atoms with Crippen molar-refractivity contribution in [2.75, 3.05) is 37.1 Å². The van der Waals surface area contributed by atoms with E-state index in [4.69, 9.17) is 15.3 Å². The maximum Gasteiger partial charge on any atom is 0.180 e. The van der Waals surface area contributed by atoms with Crippen molar-refractivity contribution >= 4 is 97.9 Å². The van der Waals surface area contributed by atoms with Crippen molar-refractivity contribution in [2.24, 2.45) is 0 Å². The summed E-state index contributed by atoms with van der Waals surface area (Å²) in [4.78, 5) is 2.66. The van der Waals surface area contributed by atoms with Crippen LogP contribution in [-0.2, 0) is 19.7 Å². The van der Waals surface area contributed by atoms with Gasteiger partial charge in [-0.1, -0.05) is 72.6 Å². The van der Waals surface area contributed by atoms with Gasteiger partial charge < -0.3 is 15.3 Å². The number of thiol groups is 1. The molecular formula is C32H35Br3O7S4. The Labute approximate surface area is 306 Å². The fraction of sp³-hybridized carbons (Fsp3) is 0.188. The number of benzene rings is 4. The predicted molar refractivity (Wildman–Crippen MR) is 202 cm³/mol. The number of aliphatic hydroxyl groups is 3. The summed E-state index contributed by atoms with van der Waals surface area (Å²) >= 11 is 15.6. The predicted octanol–water partition coefficient (Wildman–Crippen LogP) is 7.58. The first kappa shape index (κ1) is 42.6. The van der Waals surface area contributed by atoms with Crippen LogP contribution < -0.4 is 0 Å². The highest BCUT2D eigenvalue weighted by Gasteiger charge is 2.13. The number of rotatable bonds is 10. The minimum atomic E-state index is -3.32. The van der Waals surface area contributed by atoms with Crippen molar-refractivity contribution < 1.29 is 32.2 Å². The summed E-state index contributed by atoms with van der Waals surface area (Å²) in [5, 5.41) is 25.7. The van der Waals surface area contributed by atoms with Crippen LogP contribution >= 0.6 is 72.2 Å². The van der Waals surface area contributed by atoms with Crippen LogP contribution in [0.2, 0.25) is 0 Å². The Balaban J connectivity index is 0.000000312. The van der Waals surface area contributed by atoms with Crippen LogP contribution in [-0.4, -0.2) is 69.2 Å². The number of hydrogen-bond donors (Lipinski definition) is 4. The zero-order valence-corrected chi connectivity index (χ0v) is 32.6. The molecule has 0 spiro atoms. The van der Waals surface area contributed by atoms with E-state index in [1.54, 1.807) is 42.1 Å². The second-order valence-corrected chi connectivity index (χ2v) is 17.5. The van der Waals surface area contributed by atoms with E-state index in [-0.39, 0.29) is 41.1 Å². The van der Waals surface area contributed by atoms with Crippen LogP contribution in [0, 0.1) is 0 Å². The van der Waals surface area contributed by atoms with Gasteiger partial charge in [0, 0.05) is 29.0 Å². The quantitative estimate of drug-likeness (QED) is 0.0949. The second-order valence-electron chi connectivity index (χ2n) is 8.81. The summed E-state index contributed by atoms with van der Waals surface area (Å²) in [5.41, 5.74) is 0.868. The van der Waals surface area contributed by atoms with Crippen molar-refractivity contribution in [3.63, 3.8) is 0 Å². The van der Waals surface area contributed by atoms with Gasteiger partial charge in [0.05, 0.1) is 41.1 Å². The maximum absolute atomic E-state index is 11.4. The summed E-state index contributed by atoms with van der Waals surface area (Å²) in [6.07, 6.45) is 1.64. The zero-order valence-electron chi connectivity index (χ0n) is 24.5. The molecule has 0 aliphatic carbocycles. The van der Waals surface area contributed by atoms with Crippen LogP contribution in [0.4, 0.5) is 0 Å². The van der Waals surface area contributed by atoms with Crippen LogP contribution in [0.1, 0.15) is 5.56 Å². The van der Waals surface area contributed by atoms with Gasteiger partial charge >= 0.3 is 0 Å². The molecule has 0 saturated carbocycles. The Morgan fingerprint density at radius 3 is 1.33 bits per heavy atom. The van der Waals surface area contributed by atoms with Crippen LogP contribution in [0.3, 0.4) is 0 Å². The lowest BCUT2D eigenvalue weighted by Crippen LogP contribution is -2.09. The molecule has 0 aliphatic rings. The average Bonchev–Trinajstić information content (AvgIpc) is 3.03. The molecule has 0 aromatic heterocycles. The monoisotopic (exact) mass is 896 g/mol. The number of hydrogen-bond acceptors (Lipinski definition) is 9. The first-order valence-corrected chi connectivity index (χ1v) is 20.5. The first-order chi connectivity index (χ1) is 21.8. The second kappa shape index (κ2) is 23.0. The maximum atomic E-state index is 11.4. The summed E-state index contributed by atoms with van der Waals surface area (Å²) in [5.74, 6) is 0.302. The summed E-state index contributed by atoms with van der Waals surface area (Å²) < 4.78 is 48.6. The summed E-state index contributed by atoms with van der Waals surface area (Å²) in [6.45, 7) is 3.10. The molecule has 4 rings (SSSR count). The lowest BCUT2D eigenvalue weighted by molar-refractivity contribution is 0.319. The molecule has 250 valence electrons. The third-order valence-electron chi connectivity index (χ3n) is 5.37. The molecule has 0 atom stereocenters. The zero-order chi connectivity index (χ0) is 34.6. The smallest absolute Gasteiger partial charge is 0.180 e. The van der Waals surface area contributed by atoms with Crippen molar-refractivity contribution in [3.05, 3.63) is 123 Å². The summed E-state index contributed by atoms with van der Waals surface area (Å²) in [7, 11) is -6.62. The Bertz CT molecular complexity index is 1630. The minimum absolute atomic E-state index is 0.228. The van der Waals surface area contributed by atoms with Crippen molar-refractivity contribution in [2.45, 2.75) is 19.6 Å². The Morgan fingerprint density at radius 2 is 0.978 bits per heavy atom. The Kier molecular flexibility index (Phi) is 21.3. The first-order valence-electron chi connectivity index (χ1n) is 13.4. The molecule has 7 nitrogen and oxygen atoms in total. The highest BCUT2D eigenvalue weighted by molar-refractivity contribution is 9.11. The standard InChI is InChI=1S/C10H12O3S.C8H9BrO3S.C8H9BrOS.C6H5BrS/c1-2-9-3-5-10(6-4-9)14(12,13)8-7-11;9-7-1-3-8(4-2-7)13(11,12)6-5-10;9-7-1-3-8(4-2-7)11-6-5-10;7-5-1-3-6(8)4-2-5/h2-6,11H,1,7-8H2;1-4,10H,5-6H2;1-4,10H,5-6H2;1-4,8H. The molecule has 46 heavy (non-hydrogen) atoms. The molecule has 0 saturated heterocycles. The van der Waals surface area contributed by atoms with Gasteiger partial charge in [-0.3, -0.25) is 0 Å². The Hall–Kier alpha value is -1.46. The van der Waals surface area contributed by atoms with E-state index >= 15 is 0 Å². The van der Waals surface area contributed by atoms with Crippen molar-refractivity contribution in [1.29, 1.82) is 0 Å². The number of sulfone groups is 2. The largest absolute Gasteiger partial charge is 0.396 e. The van der Waals surface area contributed by atoms with E-state index in [2.05, 4.69) is 67.0 Å². The molecule has 0 heterocycles. The number of aliphatic hydroxyl groups excluding tert-OH is 3. The topological polar surface area (TPSA) is 129 Å². The fourth-order valence-electron chi connectivity index (χ4n) is 3.06. The molecule has 0 aliphatic heterocycles. The SMILES string of the molecule is C=Cc1ccc(S(=O)(=O)CCO)cc1.O=S(=O)(CCO)c1ccc(Br)cc1.OCCSc1ccc(Br)cc1.Sc1ccc(Br)cc1. The molecule has 0 radical (unpaired) electrons. The van der Waals surface area contributed by atoms with E-state index in [1.165, 1.54) is 29.2 Å². The molecule has 4 aromatic carbocycles. The molecule has 14 heteroatoms. The molecule has 0 bridgehead atoms. The fourth-order valence-corrected chi connectivity index (χ4v) is 6.72. The van der Waals surface area contributed by atoms with Crippen molar-refractivity contribution in [3.8, 4) is 0 Å². The lowest BCUT2D eigenvalue weighted by Gasteiger charge is -2.02. The van der Waals surface area contributed by atoms with Gasteiger partial charge in [0.15, 0.2) is 19.7 Å². The van der Waals surface area contributed by atoms with Gasteiger partial charge in [-0.2, -0.15) is 0 Å². The molecule has 4 aromatic rings. The molecule has 0 unspecified atom stereocenters. The molecule has 0 amide bonds. The van der Waals surface area contributed by atoms with Gasteiger partial charge in [-0.25, -0.2) is 16.8 Å². The number of thioether (sulfide) groups is 1. The molecular weight excluding hydrogens is 864 g/mol. The highest BCUT2D eigenvalue weighted by atomic mass is 79.9. The normalized spacial score (nSPS) is 10.7. The van der Waals surface area contributed by atoms with Crippen LogP contribution in [0.25, 0.3) is 6.08 Å². The average molecular weight is 900 g/mol. The summed E-state index contributed by atoms with van der Waals surface area (Å²) in [6, 6.07) is 28.6. The van der Waals surface area contributed by atoms with E-state index in [0.29, 0.717) is 0 Å². The molecule has 3 N–H and O–H groups in total. The van der Waals surface area contributed by atoms with Gasteiger partial charge in [0.2, 0.25) is 0 Å². The van der Waals surface area contributed by atoms with Crippen molar-refractivity contribution in [1.82, 2.24) is 0 Å². The minimum Gasteiger partial charge on any atom is -0.396 e. The highest BCUT2D eigenvalue weighted by Crippen LogP contribution is 2.20. The lowest BCUT2D eigenvalue weighted by atomic mass is 10.2. The van der Waals surface area contributed by atoms with Crippen LogP contribution in [0.5, 0.6) is 0 Å². The van der Waals surface area contributed by atoms with Gasteiger partial charge in [-0.15, -0.1) is 24.4 Å². The van der Waals surface area contributed by atoms with E-state index < -0.39 is 19.7 Å². The van der Waals surface area contributed by atoms with Crippen LogP contribution in [0.15, 0.2) is 137 Å². The van der Waals surface area contributed by atoms with Gasteiger partial charge in [0.1, 0.15) is 0 Å². The number of halogens is 3. The molecule has 0 fully saturated rings. The Morgan fingerprint density at radius 1 is 0.609 bits per heavy atom. The van der Waals surface area contributed by atoms with E-state index in [9.17, 15) is 16.8 Å². The van der Waals surface area contributed by atoms with E-state index in [0.717, 1.165) is 29.6 Å². The van der Waals surface area contributed by atoms with Gasteiger partial charge in [0.25, 0.3) is 0 Å².